The van der Waals surface area contributed by atoms with Crippen molar-refractivity contribution in [1.29, 1.82) is 0 Å². The van der Waals surface area contributed by atoms with Gasteiger partial charge < -0.3 is 24.5 Å². The first-order valence-corrected chi connectivity index (χ1v) is 14.8. The number of fused-ring (bicyclic) bond motifs is 1. The summed E-state index contributed by atoms with van der Waals surface area (Å²) in [4.78, 5) is 48.3. The third-order valence-corrected chi connectivity index (χ3v) is 9.61. The Labute approximate surface area is 245 Å². The SMILES string of the molecule is C=CCN(C)C(=O)[C@@H]1[C@H]2C(=O)N([C@@H](CO)CC(C)C)C(C(=O)N(CC=C)c3cc(C)ccc3C)C23CC(C)[C@@]1(C)O3. The van der Waals surface area contributed by atoms with Gasteiger partial charge in [-0.3, -0.25) is 14.4 Å². The largest absolute Gasteiger partial charge is 0.394 e. The third kappa shape index (κ3) is 4.83. The molecule has 3 aliphatic heterocycles. The van der Waals surface area contributed by atoms with Crippen LogP contribution < -0.4 is 4.90 Å². The molecule has 3 aliphatic rings. The van der Waals surface area contributed by atoms with Gasteiger partial charge in [0.1, 0.15) is 11.6 Å². The number of likely N-dealkylation sites (tertiary alicyclic amines) is 1. The number of rotatable bonds is 11. The van der Waals surface area contributed by atoms with E-state index in [-0.39, 0.29) is 42.7 Å². The van der Waals surface area contributed by atoms with Gasteiger partial charge in [-0.2, -0.15) is 0 Å². The van der Waals surface area contributed by atoms with Crippen LogP contribution in [0.5, 0.6) is 0 Å². The number of nitrogens with zero attached hydrogens (tertiary/aromatic N) is 3. The van der Waals surface area contributed by atoms with E-state index in [0.717, 1.165) is 16.8 Å². The number of likely N-dealkylation sites (N-methyl/N-ethyl adjacent to an activating group) is 1. The zero-order valence-electron chi connectivity index (χ0n) is 25.7. The second-order valence-electron chi connectivity index (χ2n) is 13.0. The van der Waals surface area contributed by atoms with Gasteiger partial charge in [-0.05, 0) is 62.6 Å². The Bertz CT molecular complexity index is 1230. The van der Waals surface area contributed by atoms with Crippen LogP contribution in [0.15, 0.2) is 43.5 Å². The lowest BCUT2D eigenvalue weighted by Crippen LogP contribution is -2.59. The number of aliphatic hydroxyl groups is 1. The molecule has 2 bridgehead atoms. The maximum Gasteiger partial charge on any atom is 0.253 e. The van der Waals surface area contributed by atoms with Crippen LogP contribution in [-0.4, -0.2) is 82.7 Å². The molecule has 1 spiro atoms. The predicted octanol–water partition coefficient (Wildman–Crippen LogP) is 3.88. The minimum atomic E-state index is -1.20. The van der Waals surface area contributed by atoms with Crippen LogP contribution >= 0.6 is 0 Å². The molecule has 8 heteroatoms. The predicted molar refractivity (Wildman–Crippen MR) is 160 cm³/mol. The molecule has 8 nitrogen and oxygen atoms in total. The molecule has 7 atom stereocenters. The first kappa shape index (κ1) is 31.0. The van der Waals surface area contributed by atoms with Crippen molar-refractivity contribution in [1.82, 2.24) is 9.80 Å². The highest BCUT2D eigenvalue weighted by Gasteiger charge is 2.80. The fourth-order valence-corrected chi connectivity index (χ4v) is 7.66. The van der Waals surface area contributed by atoms with E-state index < -0.39 is 35.1 Å². The van der Waals surface area contributed by atoms with Crippen LogP contribution in [0.1, 0.15) is 51.7 Å². The average molecular weight is 566 g/mol. The summed E-state index contributed by atoms with van der Waals surface area (Å²) in [5.74, 6) is -2.24. The zero-order chi connectivity index (χ0) is 30.4. The molecule has 41 heavy (non-hydrogen) atoms. The molecule has 224 valence electrons. The summed E-state index contributed by atoms with van der Waals surface area (Å²) in [7, 11) is 1.71. The van der Waals surface area contributed by atoms with Crippen LogP contribution in [0.3, 0.4) is 0 Å². The van der Waals surface area contributed by atoms with Crippen molar-refractivity contribution in [3.8, 4) is 0 Å². The van der Waals surface area contributed by atoms with Gasteiger partial charge in [-0.25, -0.2) is 0 Å². The molecule has 3 saturated heterocycles. The van der Waals surface area contributed by atoms with E-state index in [2.05, 4.69) is 13.2 Å². The lowest BCUT2D eigenvalue weighted by Gasteiger charge is -2.40. The van der Waals surface area contributed by atoms with E-state index in [9.17, 15) is 19.5 Å². The molecule has 0 aromatic heterocycles. The van der Waals surface area contributed by atoms with Crippen molar-refractivity contribution >= 4 is 23.4 Å². The van der Waals surface area contributed by atoms with E-state index in [1.165, 1.54) is 0 Å². The number of hydrogen-bond acceptors (Lipinski definition) is 5. The summed E-state index contributed by atoms with van der Waals surface area (Å²) in [6, 6.07) is 4.36. The Morgan fingerprint density at radius 3 is 2.44 bits per heavy atom. The summed E-state index contributed by atoms with van der Waals surface area (Å²) in [5.41, 5.74) is 0.571. The molecule has 1 aromatic rings. The Hall–Kier alpha value is -2.97. The second kappa shape index (κ2) is 11.4. The molecule has 4 rings (SSSR count). The highest BCUT2D eigenvalue weighted by atomic mass is 16.5. The lowest BCUT2D eigenvalue weighted by atomic mass is 9.62. The molecule has 0 aliphatic carbocycles. The number of amides is 3. The summed E-state index contributed by atoms with van der Waals surface area (Å²) in [6.07, 6.45) is 4.32. The number of hydrogen-bond donors (Lipinski definition) is 1. The molecule has 0 radical (unpaired) electrons. The van der Waals surface area contributed by atoms with Gasteiger partial charge in [-0.15, -0.1) is 13.2 Å². The quantitative estimate of drug-likeness (QED) is 0.412. The first-order chi connectivity index (χ1) is 19.3. The van der Waals surface area contributed by atoms with Crippen molar-refractivity contribution in [2.75, 3.05) is 31.6 Å². The monoisotopic (exact) mass is 565 g/mol. The Morgan fingerprint density at radius 1 is 1.20 bits per heavy atom. The van der Waals surface area contributed by atoms with Gasteiger partial charge in [0.15, 0.2) is 0 Å². The van der Waals surface area contributed by atoms with Gasteiger partial charge in [-0.1, -0.05) is 45.1 Å². The number of aryl methyl sites for hydroxylation is 2. The van der Waals surface area contributed by atoms with Crippen molar-refractivity contribution in [3.63, 3.8) is 0 Å². The van der Waals surface area contributed by atoms with Crippen LogP contribution in [0.4, 0.5) is 5.69 Å². The second-order valence-corrected chi connectivity index (χ2v) is 13.0. The molecule has 3 heterocycles. The molecule has 3 fully saturated rings. The van der Waals surface area contributed by atoms with Crippen molar-refractivity contribution in [2.45, 2.75) is 77.7 Å². The lowest BCUT2D eigenvalue weighted by molar-refractivity contribution is -0.153. The van der Waals surface area contributed by atoms with Crippen LogP contribution in [-0.2, 0) is 19.1 Å². The number of benzene rings is 1. The number of ether oxygens (including phenoxy) is 1. The first-order valence-electron chi connectivity index (χ1n) is 14.8. The minimum Gasteiger partial charge on any atom is -0.394 e. The molecule has 1 N–H and O–H groups in total. The number of carbonyl (C=O) groups excluding carboxylic acids is 3. The normalized spacial score (nSPS) is 30.9. The average Bonchev–Trinajstić information content (AvgIpc) is 3.43. The highest BCUT2D eigenvalue weighted by Crippen LogP contribution is 2.66. The number of anilines is 1. The topological polar surface area (TPSA) is 90.4 Å². The van der Waals surface area contributed by atoms with E-state index in [0.29, 0.717) is 19.4 Å². The molecule has 3 amide bonds. The Morgan fingerprint density at radius 2 is 1.85 bits per heavy atom. The summed E-state index contributed by atoms with van der Waals surface area (Å²) >= 11 is 0. The van der Waals surface area contributed by atoms with Gasteiger partial charge >= 0.3 is 0 Å². The Balaban J connectivity index is 1.92. The van der Waals surface area contributed by atoms with E-state index in [4.69, 9.17) is 4.74 Å². The maximum absolute atomic E-state index is 14.9. The number of aliphatic hydroxyl groups excluding tert-OH is 1. The van der Waals surface area contributed by atoms with Crippen molar-refractivity contribution < 1.29 is 24.2 Å². The molecule has 0 saturated carbocycles. The van der Waals surface area contributed by atoms with Crippen molar-refractivity contribution in [2.24, 2.45) is 23.7 Å². The van der Waals surface area contributed by atoms with Crippen LogP contribution in [0.25, 0.3) is 0 Å². The standard InChI is InChI=1S/C33H47N3O5/c1-10-14-34(9)29(38)26-27-30(39)36(24(19-37)16-20(3)4)28(33(27)18-23(7)32(26,8)41-33)31(40)35(15-11-2)25-17-21(5)12-13-22(25)6/h10-13,17,20,23-24,26-28,37H,1-2,14-16,18-19H2,3-9H3/t23?,24-,26+,27+,28?,32-,33?/m1/s1. The van der Waals surface area contributed by atoms with E-state index in [1.807, 2.05) is 59.7 Å². The number of carbonyl (C=O) groups is 3. The van der Waals surface area contributed by atoms with Gasteiger partial charge in [0.05, 0.1) is 30.1 Å². The fourth-order valence-electron chi connectivity index (χ4n) is 7.66. The molecule has 1 aromatic carbocycles. The third-order valence-electron chi connectivity index (χ3n) is 9.61. The van der Waals surface area contributed by atoms with Gasteiger partial charge in [0.2, 0.25) is 11.8 Å². The highest BCUT2D eigenvalue weighted by molar-refractivity contribution is 6.05. The fraction of sp³-hybridized carbons (Fsp3) is 0.606. The maximum atomic E-state index is 14.9. The van der Waals surface area contributed by atoms with Gasteiger partial charge in [0, 0.05) is 25.8 Å². The smallest absolute Gasteiger partial charge is 0.253 e. The Kier molecular flexibility index (Phi) is 8.59. The van der Waals surface area contributed by atoms with Crippen LogP contribution in [0, 0.1) is 37.5 Å². The minimum absolute atomic E-state index is 0.0703. The summed E-state index contributed by atoms with van der Waals surface area (Å²) in [6.45, 7) is 19.9. The van der Waals surface area contributed by atoms with E-state index in [1.54, 1.807) is 33.9 Å². The zero-order valence-corrected chi connectivity index (χ0v) is 25.7. The molecular formula is C33H47N3O5. The van der Waals surface area contributed by atoms with E-state index >= 15 is 0 Å². The summed E-state index contributed by atoms with van der Waals surface area (Å²) < 4.78 is 6.91. The summed E-state index contributed by atoms with van der Waals surface area (Å²) in [5, 5.41) is 10.6. The van der Waals surface area contributed by atoms with Crippen LogP contribution in [0.2, 0.25) is 0 Å². The molecule has 3 unspecified atom stereocenters. The van der Waals surface area contributed by atoms with Crippen molar-refractivity contribution in [3.05, 3.63) is 54.6 Å². The van der Waals surface area contributed by atoms with Gasteiger partial charge in [0.25, 0.3) is 5.91 Å². The molecular weight excluding hydrogens is 518 g/mol.